The molecule has 1 saturated heterocycles. The fourth-order valence-electron chi connectivity index (χ4n) is 1.55. The van der Waals surface area contributed by atoms with E-state index in [9.17, 15) is 4.79 Å². The van der Waals surface area contributed by atoms with E-state index in [1.165, 1.54) is 17.7 Å². The van der Waals surface area contributed by atoms with Gasteiger partial charge in [0.15, 0.2) is 0 Å². The molecule has 0 radical (unpaired) electrons. The number of halogens is 1. The van der Waals surface area contributed by atoms with Crippen molar-refractivity contribution < 1.29 is 4.79 Å². The molecule has 0 bridgehead atoms. The molecule has 1 aliphatic heterocycles. The van der Waals surface area contributed by atoms with Crippen molar-refractivity contribution >= 4 is 47.5 Å². The summed E-state index contributed by atoms with van der Waals surface area (Å²) in [7, 11) is 0. The van der Waals surface area contributed by atoms with E-state index in [0.29, 0.717) is 23.0 Å². The van der Waals surface area contributed by atoms with Crippen LogP contribution < -0.4 is 11.1 Å². The fourth-order valence-corrected chi connectivity index (χ4v) is 4.16. The van der Waals surface area contributed by atoms with Gasteiger partial charge in [-0.2, -0.15) is 23.5 Å². The van der Waals surface area contributed by atoms with Gasteiger partial charge < -0.3 is 11.1 Å². The highest BCUT2D eigenvalue weighted by Gasteiger charge is 2.16. The van der Waals surface area contributed by atoms with E-state index in [2.05, 4.69) is 10.3 Å². The van der Waals surface area contributed by atoms with Crippen LogP contribution in [0.3, 0.4) is 0 Å². The molecule has 1 aliphatic rings. The molecule has 1 aromatic rings. The van der Waals surface area contributed by atoms with Crippen LogP contribution >= 0.6 is 35.9 Å². The van der Waals surface area contributed by atoms with E-state index in [4.69, 9.17) is 5.73 Å². The van der Waals surface area contributed by atoms with Crippen molar-refractivity contribution in [1.82, 2.24) is 10.3 Å². The third-order valence-corrected chi connectivity index (χ3v) is 5.32. The normalized spacial score (nSPS) is 18.8. The first-order valence-electron chi connectivity index (χ1n) is 5.44. The van der Waals surface area contributed by atoms with Gasteiger partial charge in [-0.3, -0.25) is 9.78 Å². The van der Waals surface area contributed by atoms with Gasteiger partial charge in [-0.25, -0.2) is 0 Å². The number of carbonyl (C=O) groups excluding carboxylic acids is 1. The monoisotopic (exact) mass is 305 g/mol. The van der Waals surface area contributed by atoms with Crippen LogP contribution in [0.4, 0.5) is 5.69 Å². The molecule has 1 atom stereocenters. The molecule has 0 spiro atoms. The number of nitrogens with two attached hydrogens (primary N) is 1. The third-order valence-electron chi connectivity index (χ3n) is 2.47. The van der Waals surface area contributed by atoms with E-state index < -0.39 is 0 Å². The summed E-state index contributed by atoms with van der Waals surface area (Å²) >= 11 is 3.87. The number of hydrogen-bond donors (Lipinski definition) is 2. The summed E-state index contributed by atoms with van der Waals surface area (Å²) in [6, 6.07) is 1.64. The molecule has 18 heavy (non-hydrogen) atoms. The zero-order chi connectivity index (χ0) is 12.1. The Bertz CT molecular complexity index is 400. The van der Waals surface area contributed by atoms with Gasteiger partial charge in [-0.05, 0) is 6.07 Å². The lowest BCUT2D eigenvalue weighted by molar-refractivity contribution is 0.0955. The maximum atomic E-state index is 11.9. The van der Waals surface area contributed by atoms with Crippen molar-refractivity contribution in [3.05, 3.63) is 24.0 Å². The lowest BCUT2D eigenvalue weighted by Crippen LogP contribution is -2.33. The largest absolute Gasteiger partial charge is 0.398 e. The van der Waals surface area contributed by atoms with E-state index in [1.807, 2.05) is 23.5 Å². The predicted molar refractivity (Wildman–Crippen MR) is 81.8 cm³/mol. The second kappa shape index (κ2) is 7.76. The van der Waals surface area contributed by atoms with Crippen LogP contribution in [0.15, 0.2) is 18.5 Å². The SMILES string of the molecule is Cl.Nc1ccncc1C(=O)NCC1CSCCS1. The smallest absolute Gasteiger partial charge is 0.254 e. The van der Waals surface area contributed by atoms with Gasteiger partial charge in [0.05, 0.1) is 5.56 Å². The molecular weight excluding hydrogens is 290 g/mol. The molecule has 2 rings (SSSR count). The van der Waals surface area contributed by atoms with Crippen molar-refractivity contribution in [2.45, 2.75) is 5.25 Å². The molecule has 1 unspecified atom stereocenters. The number of nitrogens with one attached hydrogen (secondary N) is 1. The highest BCUT2D eigenvalue weighted by molar-refractivity contribution is 8.06. The number of carbonyl (C=O) groups is 1. The topological polar surface area (TPSA) is 68.0 Å². The van der Waals surface area contributed by atoms with Gasteiger partial charge in [-0.1, -0.05) is 0 Å². The van der Waals surface area contributed by atoms with Crippen LogP contribution in [0, 0.1) is 0 Å². The van der Waals surface area contributed by atoms with Gasteiger partial charge in [0, 0.05) is 47.1 Å². The molecule has 2 heterocycles. The number of anilines is 1. The summed E-state index contributed by atoms with van der Waals surface area (Å²) < 4.78 is 0. The molecule has 1 amide bonds. The first-order chi connectivity index (χ1) is 8.27. The molecule has 0 aliphatic carbocycles. The highest BCUT2D eigenvalue weighted by Crippen LogP contribution is 2.23. The molecule has 4 nitrogen and oxygen atoms in total. The van der Waals surface area contributed by atoms with Gasteiger partial charge in [0.2, 0.25) is 0 Å². The molecule has 1 aromatic heterocycles. The standard InChI is InChI=1S/C11H15N3OS2.ClH/c12-10-1-2-13-6-9(10)11(15)14-5-8-7-16-3-4-17-8;/h1-2,6,8H,3-5,7H2,(H2,12,13)(H,14,15);1H. The molecule has 0 aromatic carbocycles. The number of amides is 1. The quantitative estimate of drug-likeness (QED) is 0.889. The Labute approximate surface area is 121 Å². The van der Waals surface area contributed by atoms with Crippen molar-refractivity contribution in [3.8, 4) is 0 Å². The summed E-state index contributed by atoms with van der Waals surface area (Å²) in [6.45, 7) is 0.699. The highest BCUT2D eigenvalue weighted by atomic mass is 35.5. The lowest BCUT2D eigenvalue weighted by Gasteiger charge is -2.21. The number of rotatable bonds is 3. The summed E-state index contributed by atoms with van der Waals surface area (Å²) in [5.74, 6) is 3.35. The van der Waals surface area contributed by atoms with Crippen LogP contribution in [-0.2, 0) is 0 Å². The van der Waals surface area contributed by atoms with E-state index in [-0.39, 0.29) is 18.3 Å². The van der Waals surface area contributed by atoms with Crippen LogP contribution in [0.25, 0.3) is 0 Å². The second-order valence-electron chi connectivity index (χ2n) is 3.74. The molecule has 100 valence electrons. The summed E-state index contributed by atoms with van der Waals surface area (Å²) in [5.41, 5.74) is 6.65. The Balaban J connectivity index is 0.00000162. The number of nitrogen functional groups attached to an aromatic ring is 1. The maximum absolute atomic E-state index is 11.9. The second-order valence-corrected chi connectivity index (χ2v) is 6.30. The zero-order valence-corrected chi connectivity index (χ0v) is 12.2. The van der Waals surface area contributed by atoms with Crippen molar-refractivity contribution in [2.24, 2.45) is 0 Å². The van der Waals surface area contributed by atoms with Crippen LogP contribution in [0.5, 0.6) is 0 Å². The maximum Gasteiger partial charge on any atom is 0.254 e. The first kappa shape index (κ1) is 15.5. The molecular formula is C11H16ClN3OS2. The number of hydrogen-bond acceptors (Lipinski definition) is 5. The Kier molecular flexibility index (Phi) is 6.67. The molecule has 7 heteroatoms. The Morgan fingerprint density at radius 2 is 2.39 bits per heavy atom. The average Bonchev–Trinajstić information content (AvgIpc) is 2.38. The summed E-state index contributed by atoms with van der Waals surface area (Å²) in [5, 5.41) is 3.43. The first-order valence-corrected chi connectivity index (χ1v) is 7.65. The molecule has 1 fully saturated rings. The van der Waals surface area contributed by atoms with E-state index in [1.54, 1.807) is 12.3 Å². The fraction of sp³-hybridized carbons (Fsp3) is 0.455. The van der Waals surface area contributed by atoms with Gasteiger partial charge in [-0.15, -0.1) is 12.4 Å². The third kappa shape index (κ3) is 4.26. The van der Waals surface area contributed by atoms with Gasteiger partial charge in [0.25, 0.3) is 5.91 Å². The van der Waals surface area contributed by atoms with Crippen LogP contribution in [-0.4, -0.2) is 39.9 Å². The molecule has 0 saturated carbocycles. The minimum Gasteiger partial charge on any atom is -0.398 e. The van der Waals surface area contributed by atoms with Crippen molar-refractivity contribution in [3.63, 3.8) is 0 Å². The summed E-state index contributed by atoms with van der Waals surface area (Å²) in [6.07, 6.45) is 3.09. The number of nitrogens with zero attached hydrogens (tertiary/aromatic N) is 1. The van der Waals surface area contributed by atoms with Crippen molar-refractivity contribution in [1.29, 1.82) is 0 Å². The van der Waals surface area contributed by atoms with E-state index >= 15 is 0 Å². The van der Waals surface area contributed by atoms with E-state index in [0.717, 1.165) is 5.75 Å². The number of aromatic nitrogens is 1. The minimum absolute atomic E-state index is 0. The number of thioether (sulfide) groups is 2. The summed E-state index contributed by atoms with van der Waals surface area (Å²) in [4.78, 5) is 15.8. The predicted octanol–water partition coefficient (Wildman–Crippen LogP) is 1.66. The number of pyridine rings is 1. The van der Waals surface area contributed by atoms with Crippen LogP contribution in [0.1, 0.15) is 10.4 Å². The van der Waals surface area contributed by atoms with Gasteiger partial charge in [0.1, 0.15) is 0 Å². The Morgan fingerprint density at radius 3 is 3.06 bits per heavy atom. The zero-order valence-electron chi connectivity index (χ0n) is 9.80. The van der Waals surface area contributed by atoms with Gasteiger partial charge >= 0.3 is 0 Å². The molecule has 3 N–H and O–H groups in total. The van der Waals surface area contributed by atoms with Crippen molar-refractivity contribution in [2.75, 3.05) is 29.5 Å². The lowest BCUT2D eigenvalue weighted by atomic mass is 10.2. The Hall–Kier alpha value is -0.590. The Morgan fingerprint density at radius 1 is 1.56 bits per heavy atom. The van der Waals surface area contributed by atoms with Crippen LogP contribution in [0.2, 0.25) is 0 Å². The minimum atomic E-state index is -0.133. The average molecular weight is 306 g/mol.